The number of nitrogens with zero attached hydrogens (tertiary/aromatic N) is 1. The number of allylic oxidation sites excluding steroid dienone is 7. The zero-order valence-electron chi connectivity index (χ0n) is 27.9. The van der Waals surface area contributed by atoms with Gasteiger partial charge in [-0.1, -0.05) is 162 Å². The lowest BCUT2D eigenvalue weighted by Crippen LogP contribution is -1.88. The molecule has 0 unspecified atom stereocenters. The fraction of sp³-hybridized carbons (Fsp3) is 0.238. The monoisotopic (exact) mass is 569 g/mol. The first-order valence-corrected chi connectivity index (χ1v) is 15.8. The summed E-state index contributed by atoms with van der Waals surface area (Å²) in [5.74, 6) is 0. The van der Waals surface area contributed by atoms with E-state index in [1.54, 1.807) is 0 Å². The van der Waals surface area contributed by atoms with Crippen molar-refractivity contribution in [2.24, 2.45) is 7.05 Å². The molecule has 1 heterocycles. The Labute approximate surface area is 261 Å². The molecule has 0 bridgehead atoms. The second-order valence-electron chi connectivity index (χ2n) is 9.73. The van der Waals surface area contributed by atoms with E-state index in [1.165, 1.54) is 55.2 Å². The number of aromatic nitrogens is 1. The average molecular weight is 570 g/mol. The summed E-state index contributed by atoms with van der Waals surface area (Å²) in [5, 5.41) is 2.63. The number of hydrogen-bond donors (Lipinski definition) is 0. The van der Waals surface area contributed by atoms with E-state index in [0.29, 0.717) is 0 Å². The van der Waals surface area contributed by atoms with E-state index < -0.39 is 0 Å². The lowest BCUT2D eigenvalue weighted by molar-refractivity contribution is 1.01. The molecule has 1 nitrogen and oxygen atoms in total. The van der Waals surface area contributed by atoms with Crippen molar-refractivity contribution in [2.75, 3.05) is 0 Å². The predicted molar refractivity (Wildman–Crippen MR) is 197 cm³/mol. The van der Waals surface area contributed by atoms with Crippen molar-refractivity contribution in [3.05, 3.63) is 145 Å². The Bertz CT molecular complexity index is 1690. The number of hydrogen-bond acceptors (Lipinski definition) is 0. The molecule has 4 aromatic carbocycles. The van der Waals surface area contributed by atoms with Crippen LogP contribution >= 0.6 is 0 Å². The maximum atomic E-state index is 3.87. The quantitative estimate of drug-likeness (QED) is 0.204. The van der Waals surface area contributed by atoms with Crippen LogP contribution in [0.4, 0.5) is 0 Å². The number of rotatable bonds is 3. The molecule has 224 valence electrons. The smallest absolute Gasteiger partial charge is 0.0494 e. The van der Waals surface area contributed by atoms with Gasteiger partial charge in [0.05, 0.1) is 0 Å². The van der Waals surface area contributed by atoms with Gasteiger partial charge in [0.25, 0.3) is 0 Å². The molecule has 0 spiro atoms. The molecule has 43 heavy (non-hydrogen) atoms. The highest BCUT2D eigenvalue weighted by Gasteiger charge is 2.09. The van der Waals surface area contributed by atoms with Crippen LogP contribution in [0.25, 0.3) is 44.1 Å². The third-order valence-corrected chi connectivity index (χ3v) is 6.94. The summed E-state index contributed by atoms with van der Waals surface area (Å²) >= 11 is 0. The van der Waals surface area contributed by atoms with Gasteiger partial charge in [-0.2, -0.15) is 0 Å². The molecule has 0 atom stereocenters. The van der Waals surface area contributed by atoms with Gasteiger partial charge in [0.15, 0.2) is 0 Å². The minimum atomic E-state index is 0.997. The zero-order chi connectivity index (χ0) is 31.8. The highest BCUT2D eigenvalue weighted by atomic mass is 14.9. The van der Waals surface area contributed by atoms with Gasteiger partial charge in [0.1, 0.15) is 0 Å². The molecule has 0 saturated heterocycles. The lowest BCUT2D eigenvalue weighted by atomic mass is 9.98. The molecule has 5 aromatic rings. The van der Waals surface area contributed by atoms with Crippen LogP contribution in [0.2, 0.25) is 0 Å². The van der Waals surface area contributed by atoms with Crippen molar-refractivity contribution in [3.63, 3.8) is 0 Å². The second-order valence-corrected chi connectivity index (χ2v) is 9.73. The van der Waals surface area contributed by atoms with E-state index >= 15 is 0 Å². The van der Waals surface area contributed by atoms with E-state index in [9.17, 15) is 0 Å². The fourth-order valence-electron chi connectivity index (χ4n) is 4.90. The maximum Gasteiger partial charge on any atom is 0.0494 e. The first kappa shape index (κ1) is 34.8. The normalized spacial score (nSPS) is 11.3. The molecule has 1 aliphatic carbocycles. The van der Waals surface area contributed by atoms with Gasteiger partial charge in [-0.25, -0.2) is 0 Å². The van der Waals surface area contributed by atoms with E-state index in [1.807, 2.05) is 48.5 Å². The van der Waals surface area contributed by atoms with Crippen LogP contribution in [-0.4, -0.2) is 4.57 Å². The van der Waals surface area contributed by atoms with Crippen molar-refractivity contribution in [2.45, 2.75) is 61.8 Å². The SMILES string of the molecule is C=C(C)c1cccc(C)c1.CC.CC.CC.Cn1c2ccccc2c2ccc(-c3cccc(C4=CC=CCC=C4)c3)cc21. The molecule has 0 radical (unpaired) electrons. The molecule has 0 N–H and O–H groups in total. The van der Waals surface area contributed by atoms with Gasteiger partial charge in [-0.05, 0) is 66.3 Å². The topological polar surface area (TPSA) is 4.93 Å². The number of fused-ring (bicyclic) bond motifs is 3. The molecule has 1 aromatic heterocycles. The Hall–Kier alpha value is -4.36. The van der Waals surface area contributed by atoms with Crippen LogP contribution in [0.3, 0.4) is 0 Å². The lowest BCUT2D eigenvalue weighted by Gasteiger charge is -2.08. The van der Waals surface area contributed by atoms with Crippen LogP contribution in [0.1, 0.15) is 71.6 Å². The number of benzene rings is 4. The molecular weight excluding hydrogens is 518 g/mol. The van der Waals surface area contributed by atoms with Crippen molar-refractivity contribution >= 4 is 33.0 Å². The molecular formula is C42H51N. The first-order chi connectivity index (χ1) is 21.0. The standard InChI is InChI=1S/C26H21N.C10H12.3C2H6/c1-27-25-14-7-6-13-23(25)24-16-15-22(18-26(24)27)21-12-8-11-20(17-21)19-9-4-2-3-5-10-19;1-8(2)10-6-4-5-9(3)7-10;3*1-2/h2,4-18H,3H2,1H3;4-7H,1H2,2-3H3;3*1-2H3. The summed E-state index contributed by atoms with van der Waals surface area (Å²) in [7, 11) is 2.15. The minimum absolute atomic E-state index is 0.997. The highest BCUT2D eigenvalue weighted by Crippen LogP contribution is 2.32. The third-order valence-electron chi connectivity index (χ3n) is 6.94. The molecule has 0 fully saturated rings. The Balaban J connectivity index is 0.000000339. The van der Waals surface area contributed by atoms with E-state index in [0.717, 1.165) is 12.0 Å². The van der Waals surface area contributed by atoms with Crippen LogP contribution in [0.5, 0.6) is 0 Å². The average Bonchev–Trinajstić information content (AvgIpc) is 3.21. The predicted octanol–water partition coefficient (Wildman–Crippen LogP) is 13.0. The Morgan fingerprint density at radius 2 is 1.30 bits per heavy atom. The van der Waals surface area contributed by atoms with Gasteiger partial charge >= 0.3 is 0 Å². The minimum Gasteiger partial charge on any atom is -0.344 e. The Kier molecular flexibility index (Phi) is 14.8. The molecule has 6 rings (SSSR count). The summed E-state index contributed by atoms with van der Waals surface area (Å²) in [5.41, 5.74) is 11.2. The van der Waals surface area contributed by atoms with Gasteiger partial charge in [0, 0.05) is 28.9 Å². The van der Waals surface area contributed by atoms with E-state index in [-0.39, 0.29) is 0 Å². The molecule has 0 saturated carbocycles. The van der Waals surface area contributed by atoms with E-state index in [2.05, 4.69) is 146 Å². The van der Waals surface area contributed by atoms with Gasteiger partial charge in [0.2, 0.25) is 0 Å². The second kappa shape index (κ2) is 18.2. The molecule has 1 heteroatoms. The van der Waals surface area contributed by atoms with Gasteiger partial charge < -0.3 is 4.57 Å². The summed E-state index contributed by atoms with van der Waals surface area (Å²) in [4.78, 5) is 0. The Morgan fingerprint density at radius 1 is 0.651 bits per heavy atom. The van der Waals surface area contributed by atoms with Crippen LogP contribution in [0.15, 0.2) is 128 Å². The van der Waals surface area contributed by atoms with Crippen molar-refractivity contribution in [1.82, 2.24) is 4.57 Å². The number of para-hydroxylation sites is 1. The molecule has 0 amide bonds. The highest BCUT2D eigenvalue weighted by molar-refractivity contribution is 6.09. The van der Waals surface area contributed by atoms with Crippen LogP contribution in [-0.2, 0) is 7.05 Å². The molecule has 0 aliphatic heterocycles. The third kappa shape index (κ3) is 9.06. The summed E-state index contributed by atoms with van der Waals surface area (Å²) in [6.07, 6.45) is 11.9. The summed E-state index contributed by atoms with van der Waals surface area (Å²) in [6.45, 7) is 20.0. The van der Waals surface area contributed by atoms with Crippen molar-refractivity contribution in [1.29, 1.82) is 0 Å². The van der Waals surface area contributed by atoms with Crippen molar-refractivity contribution in [3.8, 4) is 11.1 Å². The van der Waals surface area contributed by atoms with Crippen LogP contribution < -0.4 is 0 Å². The van der Waals surface area contributed by atoms with Gasteiger partial charge in [-0.15, -0.1) is 0 Å². The zero-order valence-corrected chi connectivity index (χ0v) is 27.9. The first-order valence-electron chi connectivity index (χ1n) is 15.8. The molecule has 1 aliphatic rings. The maximum absolute atomic E-state index is 3.87. The summed E-state index contributed by atoms with van der Waals surface area (Å²) in [6, 6.07) is 32.6. The largest absolute Gasteiger partial charge is 0.344 e. The van der Waals surface area contributed by atoms with E-state index in [4.69, 9.17) is 0 Å². The van der Waals surface area contributed by atoms with Crippen LogP contribution in [0, 0.1) is 6.92 Å². The Morgan fingerprint density at radius 3 is 2.00 bits per heavy atom. The summed E-state index contributed by atoms with van der Waals surface area (Å²) < 4.78 is 2.29. The fourth-order valence-corrected chi connectivity index (χ4v) is 4.90. The van der Waals surface area contributed by atoms with Crippen molar-refractivity contribution < 1.29 is 0 Å². The van der Waals surface area contributed by atoms with Gasteiger partial charge in [-0.3, -0.25) is 0 Å². The number of aryl methyl sites for hydroxylation is 2.